The van der Waals surface area contributed by atoms with E-state index in [2.05, 4.69) is 27.7 Å². The van der Waals surface area contributed by atoms with Crippen molar-refractivity contribution in [3.05, 3.63) is 99.9 Å². The summed E-state index contributed by atoms with van der Waals surface area (Å²) in [7, 11) is 0. The van der Waals surface area contributed by atoms with E-state index in [-0.39, 0.29) is 11.8 Å². The van der Waals surface area contributed by atoms with Gasteiger partial charge in [0.1, 0.15) is 18.2 Å². The molecule has 4 aromatic rings. The molecule has 0 bridgehead atoms. The Morgan fingerprint density at radius 1 is 1.03 bits per heavy atom. The van der Waals surface area contributed by atoms with Crippen molar-refractivity contribution in [1.29, 1.82) is 10.5 Å². The summed E-state index contributed by atoms with van der Waals surface area (Å²) < 4.78 is 11.7. The lowest BCUT2D eigenvalue weighted by atomic mass is 10.1. The Hall–Kier alpha value is -4.66. The number of nitrogens with one attached hydrogen (secondary N) is 1. The summed E-state index contributed by atoms with van der Waals surface area (Å²) in [5.41, 5.74) is 3.16. The first kappa shape index (κ1) is 24.5. The summed E-state index contributed by atoms with van der Waals surface area (Å²) in [5.74, 6) is -0.0728. The van der Waals surface area contributed by atoms with Crippen LogP contribution in [0.2, 0.25) is 5.02 Å². The number of halogens is 1. The molecular weight excluding hydrogens is 478 g/mol. The van der Waals surface area contributed by atoms with Gasteiger partial charge in [0.05, 0.1) is 27.8 Å². The number of hydrogen-bond acceptors (Lipinski definition) is 8. The number of nitriles is 2. The molecule has 9 heteroatoms. The van der Waals surface area contributed by atoms with E-state index in [1.807, 2.05) is 6.07 Å². The van der Waals surface area contributed by atoms with Crippen molar-refractivity contribution in [3.63, 3.8) is 0 Å². The molecule has 0 aliphatic carbocycles. The van der Waals surface area contributed by atoms with Gasteiger partial charge < -0.3 is 14.5 Å². The van der Waals surface area contributed by atoms with Crippen LogP contribution in [0.4, 0.5) is 5.69 Å². The van der Waals surface area contributed by atoms with E-state index in [1.165, 1.54) is 0 Å². The molecule has 178 valence electrons. The summed E-state index contributed by atoms with van der Waals surface area (Å²) in [6.07, 6.45) is -0.735. The third kappa shape index (κ3) is 5.20. The fourth-order valence-corrected chi connectivity index (χ4v) is 3.73. The summed E-state index contributed by atoms with van der Waals surface area (Å²) in [6, 6.07) is 22.1. The number of benzene rings is 3. The molecule has 2 unspecified atom stereocenters. The zero-order valence-corrected chi connectivity index (χ0v) is 20.2. The molecule has 1 aromatic heterocycles. The number of ether oxygens (including phenoxy) is 1. The Labute approximate surface area is 212 Å². The monoisotopic (exact) mass is 497 g/mol. The molecule has 0 aliphatic rings. The van der Waals surface area contributed by atoms with E-state index in [0.717, 1.165) is 0 Å². The number of hydrogen-bond donors (Lipinski definition) is 1. The minimum absolute atomic E-state index is 0.183. The summed E-state index contributed by atoms with van der Waals surface area (Å²) >= 11 is 6.36. The zero-order chi connectivity index (χ0) is 25.7. The van der Waals surface area contributed by atoms with Gasteiger partial charge >= 0.3 is 5.97 Å². The average Bonchev–Trinajstić information content (AvgIpc) is 3.40. The quantitative estimate of drug-likeness (QED) is 0.315. The van der Waals surface area contributed by atoms with Gasteiger partial charge in [0.15, 0.2) is 0 Å². The lowest BCUT2D eigenvalue weighted by Crippen LogP contribution is -2.29. The first-order valence-electron chi connectivity index (χ1n) is 11.0. The van der Waals surface area contributed by atoms with Crippen LogP contribution < -0.4 is 5.32 Å². The van der Waals surface area contributed by atoms with Gasteiger partial charge in [-0.1, -0.05) is 29.8 Å². The van der Waals surface area contributed by atoms with Crippen molar-refractivity contribution < 1.29 is 13.9 Å². The van der Waals surface area contributed by atoms with Crippen molar-refractivity contribution in [3.8, 4) is 23.6 Å². The van der Waals surface area contributed by atoms with E-state index in [0.29, 0.717) is 38.5 Å². The molecule has 0 spiro atoms. The van der Waals surface area contributed by atoms with E-state index >= 15 is 0 Å². The second-order valence-corrected chi connectivity index (χ2v) is 8.32. The fraction of sp³-hybridized carbons (Fsp3) is 0.148. The number of nitrogens with zero attached hydrogens (tertiary/aromatic N) is 4. The third-order valence-corrected chi connectivity index (χ3v) is 6.04. The highest BCUT2D eigenvalue weighted by Crippen LogP contribution is 2.32. The second-order valence-electron chi connectivity index (χ2n) is 7.94. The Balaban J connectivity index is 1.67. The van der Waals surface area contributed by atoms with Gasteiger partial charge in [-0.2, -0.15) is 10.5 Å². The van der Waals surface area contributed by atoms with E-state index in [9.17, 15) is 10.1 Å². The molecule has 1 N–H and O–H groups in total. The molecule has 36 heavy (non-hydrogen) atoms. The predicted molar refractivity (Wildman–Crippen MR) is 133 cm³/mol. The lowest BCUT2D eigenvalue weighted by Gasteiger charge is -2.24. The molecule has 2 atom stereocenters. The smallest absolute Gasteiger partial charge is 0.338 e. The number of carbonyl (C=O) groups is 1. The molecular formula is C27H20ClN5O3. The van der Waals surface area contributed by atoms with Crippen molar-refractivity contribution >= 4 is 23.3 Å². The van der Waals surface area contributed by atoms with Gasteiger partial charge in [0, 0.05) is 11.3 Å². The molecule has 0 fully saturated rings. The van der Waals surface area contributed by atoms with E-state index in [4.69, 9.17) is 26.0 Å². The van der Waals surface area contributed by atoms with Crippen LogP contribution in [0.1, 0.15) is 45.9 Å². The first-order chi connectivity index (χ1) is 17.4. The van der Waals surface area contributed by atoms with Crippen LogP contribution >= 0.6 is 11.6 Å². The maximum absolute atomic E-state index is 12.7. The predicted octanol–water partition coefficient (Wildman–Crippen LogP) is 5.84. The highest BCUT2D eigenvalue weighted by atomic mass is 35.5. The number of anilines is 1. The van der Waals surface area contributed by atoms with Gasteiger partial charge in [-0.3, -0.25) is 0 Å². The number of esters is 1. The summed E-state index contributed by atoms with van der Waals surface area (Å²) in [5, 5.41) is 30.2. The Kier molecular flexibility index (Phi) is 7.29. The van der Waals surface area contributed by atoms with Crippen molar-refractivity contribution in [2.24, 2.45) is 0 Å². The average molecular weight is 498 g/mol. The highest BCUT2D eigenvalue weighted by molar-refractivity contribution is 6.32. The molecule has 0 aliphatic heterocycles. The summed E-state index contributed by atoms with van der Waals surface area (Å²) in [6.45, 7) is 3.49. The first-order valence-corrected chi connectivity index (χ1v) is 11.3. The minimum atomic E-state index is -0.736. The van der Waals surface area contributed by atoms with Gasteiger partial charge in [-0.15, -0.1) is 10.2 Å². The van der Waals surface area contributed by atoms with E-state index < -0.39 is 18.1 Å². The normalized spacial score (nSPS) is 12.1. The van der Waals surface area contributed by atoms with Crippen LogP contribution in [-0.4, -0.2) is 22.3 Å². The standard InChI is InChI=1S/C27H20ClN5O3/c1-16-22(13-12-21(15-30)23(16)28)31-24(17(2)35-27(34)20-6-4-3-5-7-20)26-33-32-25(36-26)19-10-8-18(14-29)9-11-19/h3-13,17,24,31H,1-2H3. The van der Waals surface area contributed by atoms with Crippen LogP contribution in [0.3, 0.4) is 0 Å². The minimum Gasteiger partial charge on any atom is -0.456 e. The van der Waals surface area contributed by atoms with Crippen LogP contribution in [0.25, 0.3) is 11.5 Å². The SMILES string of the molecule is Cc1c(NC(c2nnc(-c3ccc(C#N)cc3)o2)C(C)OC(=O)c2ccccc2)ccc(C#N)c1Cl. The zero-order valence-electron chi connectivity index (χ0n) is 19.4. The molecule has 1 heterocycles. The third-order valence-electron chi connectivity index (χ3n) is 5.56. The van der Waals surface area contributed by atoms with Crippen molar-refractivity contribution in [2.45, 2.75) is 26.0 Å². The Morgan fingerprint density at radius 3 is 2.42 bits per heavy atom. The topological polar surface area (TPSA) is 125 Å². The van der Waals surface area contributed by atoms with E-state index in [1.54, 1.807) is 74.5 Å². The van der Waals surface area contributed by atoms with Gasteiger partial charge in [-0.25, -0.2) is 4.79 Å². The maximum atomic E-state index is 12.7. The molecule has 8 nitrogen and oxygen atoms in total. The largest absolute Gasteiger partial charge is 0.456 e. The van der Waals surface area contributed by atoms with Gasteiger partial charge in [-0.05, 0) is 67.9 Å². The van der Waals surface area contributed by atoms with Crippen molar-refractivity contribution in [2.75, 3.05) is 5.32 Å². The molecule has 0 amide bonds. The number of carbonyl (C=O) groups excluding carboxylic acids is 1. The van der Waals surface area contributed by atoms with Crippen LogP contribution in [0, 0.1) is 29.6 Å². The highest BCUT2D eigenvalue weighted by Gasteiger charge is 2.29. The van der Waals surface area contributed by atoms with Crippen molar-refractivity contribution in [1.82, 2.24) is 10.2 Å². The summed E-state index contributed by atoms with van der Waals surface area (Å²) in [4.78, 5) is 12.7. The molecule has 0 saturated heterocycles. The number of rotatable bonds is 7. The second kappa shape index (κ2) is 10.7. The van der Waals surface area contributed by atoms with Crippen LogP contribution in [0.5, 0.6) is 0 Å². The number of aromatic nitrogens is 2. The lowest BCUT2D eigenvalue weighted by molar-refractivity contribution is 0.0282. The van der Waals surface area contributed by atoms with Crippen LogP contribution in [0.15, 0.2) is 71.1 Å². The van der Waals surface area contributed by atoms with Gasteiger partial charge in [0.2, 0.25) is 11.8 Å². The Morgan fingerprint density at radius 2 is 1.75 bits per heavy atom. The molecule has 3 aromatic carbocycles. The molecule has 4 rings (SSSR count). The maximum Gasteiger partial charge on any atom is 0.338 e. The van der Waals surface area contributed by atoms with Crippen LogP contribution in [-0.2, 0) is 4.74 Å². The Bertz CT molecular complexity index is 1470. The van der Waals surface area contributed by atoms with Gasteiger partial charge in [0.25, 0.3) is 0 Å². The molecule has 0 saturated carbocycles. The fourth-order valence-electron chi connectivity index (χ4n) is 3.52. The molecule has 0 radical (unpaired) electrons.